The number of likely N-dealkylation sites (tertiary alicyclic amines) is 1. The number of rotatable bonds is 2. The molecule has 0 bridgehead atoms. The maximum absolute atomic E-state index is 12.3. The molecule has 0 spiro atoms. The van der Waals surface area contributed by atoms with E-state index in [0.717, 1.165) is 42.7 Å². The highest BCUT2D eigenvalue weighted by Crippen LogP contribution is 2.40. The van der Waals surface area contributed by atoms with Gasteiger partial charge in [0.2, 0.25) is 0 Å². The van der Waals surface area contributed by atoms with Crippen molar-refractivity contribution in [3.8, 4) is 0 Å². The Bertz CT molecular complexity index is 853. The van der Waals surface area contributed by atoms with Crippen molar-refractivity contribution in [3.05, 3.63) is 29.5 Å². The molecule has 1 N–H and O–H groups in total. The molecule has 6 nitrogen and oxygen atoms in total. The Balaban J connectivity index is 1.41. The van der Waals surface area contributed by atoms with E-state index in [9.17, 15) is 4.79 Å². The van der Waals surface area contributed by atoms with Gasteiger partial charge in [0.25, 0.3) is 0 Å². The number of ether oxygens (including phenoxy) is 1. The van der Waals surface area contributed by atoms with Crippen LogP contribution in [0.15, 0.2) is 24.4 Å². The highest BCUT2D eigenvalue weighted by molar-refractivity contribution is 6.30. The second kappa shape index (κ2) is 6.82. The van der Waals surface area contributed by atoms with Gasteiger partial charge in [-0.25, -0.2) is 9.78 Å². The van der Waals surface area contributed by atoms with Gasteiger partial charge < -0.3 is 15.0 Å². The van der Waals surface area contributed by atoms with Crippen LogP contribution >= 0.6 is 11.6 Å². The zero-order chi connectivity index (χ0) is 19.2. The number of carbonyl (C=O) groups excluding carboxylic acids is 1. The van der Waals surface area contributed by atoms with Gasteiger partial charge in [-0.1, -0.05) is 11.6 Å². The van der Waals surface area contributed by atoms with E-state index in [0.29, 0.717) is 23.0 Å². The van der Waals surface area contributed by atoms with Crippen LogP contribution in [0.5, 0.6) is 0 Å². The molecule has 3 heterocycles. The predicted octanol–water partition coefficient (Wildman–Crippen LogP) is 4.34. The second-order valence-electron chi connectivity index (χ2n) is 8.58. The normalized spacial score (nSPS) is 24.9. The van der Waals surface area contributed by atoms with Gasteiger partial charge in [0.1, 0.15) is 16.6 Å². The Kier molecular flexibility index (Phi) is 4.62. The molecule has 2 aliphatic rings. The van der Waals surface area contributed by atoms with E-state index in [1.807, 2.05) is 37.8 Å². The minimum absolute atomic E-state index is 0.199. The molecule has 2 aromatic rings. The van der Waals surface area contributed by atoms with Crippen LogP contribution in [0.3, 0.4) is 0 Å². The Morgan fingerprint density at radius 2 is 2.00 bits per heavy atom. The molecular formula is C20H25ClN4O2. The van der Waals surface area contributed by atoms with E-state index < -0.39 is 5.60 Å². The topological polar surface area (TPSA) is 67.3 Å². The first-order valence-electron chi connectivity index (χ1n) is 9.44. The summed E-state index contributed by atoms with van der Waals surface area (Å²) >= 11 is 6.16. The van der Waals surface area contributed by atoms with Gasteiger partial charge in [-0.05, 0) is 57.6 Å². The zero-order valence-electron chi connectivity index (χ0n) is 15.9. The third-order valence-corrected chi connectivity index (χ3v) is 5.51. The van der Waals surface area contributed by atoms with Gasteiger partial charge in [0.15, 0.2) is 0 Å². The fourth-order valence-corrected chi connectivity index (χ4v) is 4.43. The first-order valence-corrected chi connectivity index (χ1v) is 9.82. The number of carbonyl (C=O) groups is 1. The van der Waals surface area contributed by atoms with Crippen LogP contribution in [0.25, 0.3) is 10.9 Å². The van der Waals surface area contributed by atoms with Gasteiger partial charge >= 0.3 is 6.09 Å². The number of nitrogens with zero attached hydrogens (tertiary/aromatic N) is 3. The first-order chi connectivity index (χ1) is 12.8. The maximum atomic E-state index is 12.3. The fourth-order valence-electron chi connectivity index (χ4n) is 4.24. The van der Waals surface area contributed by atoms with Gasteiger partial charge in [0.05, 0.1) is 5.52 Å². The van der Waals surface area contributed by atoms with Crippen molar-refractivity contribution in [3.63, 3.8) is 0 Å². The van der Waals surface area contributed by atoms with Crippen LogP contribution in [-0.2, 0) is 4.74 Å². The Hall–Kier alpha value is -2.08. The molecule has 0 aromatic carbocycles. The monoisotopic (exact) mass is 388 g/mol. The largest absolute Gasteiger partial charge is 0.444 e. The molecule has 1 aliphatic heterocycles. The molecule has 27 heavy (non-hydrogen) atoms. The van der Waals surface area contributed by atoms with Gasteiger partial charge in [-0.3, -0.25) is 4.98 Å². The van der Waals surface area contributed by atoms with Crippen molar-refractivity contribution >= 4 is 34.4 Å². The predicted molar refractivity (Wildman–Crippen MR) is 106 cm³/mol. The number of pyridine rings is 2. The van der Waals surface area contributed by atoms with E-state index in [1.54, 1.807) is 12.3 Å². The summed E-state index contributed by atoms with van der Waals surface area (Å²) in [4.78, 5) is 23.0. The van der Waals surface area contributed by atoms with Gasteiger partial charge in [0, 0.05) is 36.8 Å². The summed E-state index contributed by atoms with van der Waals surface area (Å²) in [7, 11) is 0. The first kappa shape index (κ1) is 18.3. The van der Waals surface area contributed by atoms with Crippen LogP contribution in [0.2, 0.25) is 5.15 Å². The standard InChI is InChI=1S/C20H25ClN4O2/c1-20(2,3)27-19(26)25-10-12-7-14(8-13(12)11-25)23-18-15-5-4-6-22-16(15)9-17(21)24-18/h4-6,9,12-14H,7-8,10-11H2,1-3H3,(H,23,24)/t12-,13+,14-. The molecule has 1 saturated heterocycles. The number of hydrogen-bond donors (Lipinski definition) is 1. The summed E-state index contributed by atoms with van der Waals surface area (Å²) in [5.74, 6) is 1.79. The number of amides is 1. The molecule has 2 aromatic heterocycles. The van der Waals surface area contributed by atoms with Crippen molar-refractivity contribution in [2.45, 2.75) is 45.3 Å². The molecule has 0 radical (unpaired) electrons. The average Bonchev–Trinajstić information content (AvgIpc) is 3.11. The Morgan fingerprint density at radius 1 is 1.30 bits per heavy atom. The molecule has 3 atom stereocenters. The molecule has 7 heteroatoms. The molecule has 0 unspecified atom stereocenters. The highest BCUT2D eigenvalue weighted by atomic mass is 35.5. The summed E-state index contributed by atoms with van der Waals surface area (Å²) in [6.45, 7) is 7.24. The second-order valence-corrected chi connectivity index (χ2v) is 8.97. The van der Waals surface area contributed by atoms with Crippen molar-refractivity contribution in [1.82, 2.24) is 14.9 Å². The minimum atomic E-state index is -0.452. The third-order valence-electron chi connectivity index (χ3n) is 5.31. The SMILES string of the molecule is CC(C)(C)OC(=O)N1C[C@H]2C[C@@H](Nc3nc(Cl)cc4ncccc34)C[C@H]2C1. The van der Waals surface area contributed by atoms with Crippen molar-refractivity contribution < 1.29 is 9.53 Å². The molecule has 2 fully saturated rings. The lowest BCUT2D eigenvalue weighted by atomic mass is 10.0. The maximum Gasteiger partial charge on any atom is 0.410 e. The van der Waals surface area contributed by atoms with E-state index in [-0.39, 0.29) is 6.09 Å². The lowest BCUT2D eigenvalue weighted by Gasteiger charge is -2.25. The number of nitrogens with one attached hydrogen (secondary N) is 1. The molecule has 1 amide bonds. The fraction of sp³-hybridized carbons (Fsp3) is 0.550. The number of aromatic nitrogens is 2. The van der Waals surface area contributed by atoms with Crippen LogP contribution in [0.4, 0.5) is 10.6 Å². The van der Waals surface area contributed by atoms with Crippen LogP contribution in [0, 0.1) is 11.8 Å². The minimum Gasteiger partial charge on any atom is -0.444 e. The molecule has 4 rings (SSSR count). The Morgan fingerprint density at radius 3 is 2.67 bits per heavy atom. The van der Waals surface area contributed by atoms with E-state index in [4.69, 9.17) is 16.3 Å². The van der Waals surface area contributed by atoms with Crippen molar-refractivity contribution in [2.24, 2.45) is 11.8 Å². The van der Waals surface area contributed by atoms with Crippen LogP contribution < -0.4 is 5.32 Å². The quantitative estimate of drug-likeness (QED) is 0.775. The summed E-state index contributed by atoms with van der Waals surface area (Å²) in [5.41, 5.74) is 0.390. The molecular weight excluding hydrogens is 364 g/mol. The van der Waals surface area contributed by atoms with Crippen LogP contribution in [0.1, 0.15) is 33.6 Å². The molecule has 144 valence electrons. The summed E-state index contributed by atoms with van der Waals surface area (Å²) in [5, 5.41) is 4.99. The highest BCUT2D eigenvalue weighted by Gasteiger charge is 2.43. The lowest BCUT2D eigenvalue weighted by Crippen LogP contribution is -2.36. The molecule has 1 saturated carbocycles. The number of fused-ring (bicyclic) bond motifs is 2. The third kappa shape index (κ3) is 3.95. The van der Waals surface area contributed by atoms with Crippen molar-refractivity contribution in [2.75, 3.05) is 18.4 Å². The zero-order valence-corrected chi connectivity index (χ0v) is 16.7. The van der Waals surface area contributed by atoms with E-state index >= 15 is 0 Å². The smallest absolute Gasteiger partial charge is 0.410 e. The molecule has 1 aliphatic carbocycles. The number of anilines is 1. The summed E-state index contributed by atoms with van der Waals surface area (Å²) in [6, 6.07) is 6.03. The van der Waals surface area contributed by atoms with E-state index in [2.05, 4.69) is 15.3 Å². The Labute approximate surface area is 164 Å². The van der Waals surface area contributed by atoms with E-state index in [1.165, 1.54) is 0 Å². The summed E-state index contributed by atoms with van der Waals surface area (Å²) in [6.07, 6.45) is 3.59. The number of halogens is 1. The van der Waals surface area contributed by atoms with Crippen molar-refractivity contribution in [1.29, 1.82) is 0 Å². The van der Waals surface area contributed by atoms with Crippen LogP contribution in [-0.4, -0.2) is 45.7 Å². The van der Waals surface area contributed by atoms with Gasteiger partial charge in [-0.2, -0.15) is 0 Å². The average molecular weight is 389 g/mol. The summed E-state index contributed by atoms with van der Waals surface area (Å²) < 4.78 is 5.51. The lowest BCUT2D eigenvalue weighted by molar-refractivity contribution is 0.0280. The number of hydrogen-bond acceptors (Lipinski definition) is 5. The van der Waals surface area contributed by atoms with Gasteiger partial charge in [-0.15, -0.1) is 0 Å².